The molecular weight excluding hydrogens is 359 g/mol. The predicted molar refractivity (Wildman–Crippen MR) is 93.2 cm³/mol. The molecule has 27 heavy (non-hydrogen) atoms. The fraction of sp³-hybridized carbons (Fsp3) is 0.263. The number of fused-ring (bicyclic) bond motifs is 1. The van der Waals surface area contributed by atoms with Gasteiger partial charge in [-0.05, 0) is 35.7 Å². The predicted octanol–water partition coefficient (Wildman–Crippen LogP) is 3.80. The van der Waals surface area contributed by atoms with E-state index in [1.54, 1.807) is 12.1 Å². The Bertz CT molecular complexity index is 865. The van der Waals surface area contributed by atoms with Crippen LogP contribution in [0.2, 0.25) is 0 Å². The third-order valence-corrected chi connectivity index (χ3v) is 4.36. The van der Waals surface area contributed by atoms with Crippen LogP contribution in [0.1, 0.15) is 27.9 Å². The molecule has 2 aromatic rings. The van der Waals surface area contributed by atoms with Gasteiger partial charge in [0, 0.05) is 38.3 Å². The first-order valence-corrected chi connectivity index (χ1v) is 8.40. The number of amides is 1. The number of nitrogens with two attached hydrogens (primary N) is 1. The van der Waals surface area contributed by atoms with E-state index in [1.165, 1.54) is 12.3 Å². The Morgan fingerprint density at radius 2 is 2.00 bits per heavy atom. The van der Waals surface area contributed by atoms with E-state index in [4.69, 9.17) is 10.5 Å². The lowest BCUT2D eigenvalue weighted by Gasteiger charge is -2.28. The van der Waals surface area contributed by atoms with Crippen LogP contribution in [0.15, 0.2) is 48.4 Å². The minimum Gasteiger partial charge on any atom is -0.439 e. The number of pyridine rings is 1. The fourth-order valence-electron chi connectivity index (χ4n) is 2.90. The van der Waals surface area contributed by atoms with Crippen molar-refractivity contribution in [2.45, 2.75) is 19.4 Å². The number of ether oxygens (including phenoxy) is 1. The largest absolute Gasteiger partial charge is 0.439 e. The van der Waals surface area contributed by atoms with Crippen LogP contribution in [0.25, 0.3) is 0 Å². The topological polar surface area (TPSA) is 68.5 Å². The highest BCUT2D eigenvalue weighted by atomic mass is 19.3. The van der Waals surface area contributed by atoms with E-state index < -0.39 is 17.8 Å². The van der Waals surface area contributed by atoms with Crippen LogP contribution in [-0.4, -0.2) is 28.9 Å². The third-order valence-electron chi connectivity index (χ3n) is 4.36. The Balaban J connectivity index is 1.63. The maximum absolute atomic E-state index is 13.0. The molecule has 1 aliphatic rings. The molecule has 0 spiro atoms. The molecule has 1 aromatic heterocycles. The van der Waals surface area contributed by atoms with Crippen molar-refractivity contribution in [2.75, 3.05) is 13.1 Å². The minimum atomic E-state index is -2.24. The molecule has 1 aliphatic heterocycles. The number of primary amides is 1. The van der Waals surface area contributed by atoms with E-state index >= 15 is 0 Å². The lowest BCUT2D eigenvalue weighted by atomic mass is 9.99. The Morgan fingerprint density at radius 3 is 2.67 bits per heavy atom. The summed E-state index contributed by atoms with van der Waals surface area (Å²) in [6.45, 7) is 1.47. The molecule has 3 rings (SSSR count). The SMILES string of the molecule is NC(=O)c1ccc(Oc2ccc3c(c2)CCN(CCC(F)=C(F)F)C3)nc1. The van der Waals surface area contributed by atoms with E-state index in [0.29, 0.717) is 36.7 Å². The number of benzene rings is 1. The van der Waals surface area contributed by atoms with Gasteiger partial charge in [0.2, 0.25) is 11.8 Å². The molecule has 2 N–H and O–H groups in total. The standard InChI is InChI=1S/C19H18F3N3O2/c20-16(18(21)22)6-8-25-7-5-12-9-15(3-1-14(12)11-25)27-17-4-2-13(10-24-17)19(23)26/h1-4,9-10H,5-8,11H2,(H2,23,26). The molecule has 142 valence electrons. The van der Waals surface area contributed by atoms with Crippen LogP contribution in [0, 0.1) is 0 Å². The van der Waals surface area contributed by atoms with Crippen molar-refractivity contribution >= 4 is 5.91 Å². The second kappa shape index (κ2) is 8.22. The monoisotopic (exact) mass is 377 g/mol. The fourth-order valence-corrected chi connectivity index (χ4v) is 2.90. The summed E-state index contributed by atoms with van der Waals surface area (Å²) in [4.78, 5) is 17.0. The molecule has 1 amide bonds. The van der Waals surface area contributed by atoms with Gasteiger partial charge < -0.3 is 10.5 Å². The molecule has 0 unspecified atom stereocenters. The van der Waals surface area contributed by atoms with Crippen LogP contribution in [0.4, 0.5) is 13.2 Å². The maximum Gasteiger partial charge on any atom is 0.301 e. The smallest absolute Gasteiger partial charge is 0.301 e. The first-order chi connectivity index (χ1) is 12.9. The second-order valence-electron chi connectivity index (χ2n) is 6.22. The van der Waals surface area contributed by atoms with Gasteiger partial charge in [0.15, 0.2) is 5.83 Å². The first-order valence-electron chi connectivity index (χ1n) is 8.40. The van der Waals surface area contributed by atoms with Crippen molar-refractivity contribution < 1.29 is 22.7 Å². The summed E-state index contributed by atoms with van der Waals surface area (Å²) >= 11 is 0. The number of carbonyl (C=O) groups is 1. The Labute approximate surface area is 154 Å². The molecule has 2 heterocycles. The number of nitrogens with zero attached hydrogens (tertiary/aromatic N) is 2. The van der Waals surface area contributed by atoms with Gasteiger partial charge in [-0.2, -0.15) is 8.78 Å². The molecule has 0 radical (unpaired) electrons. The molecule has 5 nitrogen and oxygen atoms in total. The van der Waals surface area contributed by atoms with Crippen molar-refractivity contribution in [3.63, 3.8) is 0 Å². The zero-order valence-electron chi connectivity index (χ0n) is 14.4. The van der Waals surface area contributed by atoms with Crippen LogP contribution in [0.5, 0.6) is 11.6 Å². The van der Waals surface area contributed by atoms with Crippen LogP contribution < -0.4 is 10.5 Å². The highest BCUT2D eigenvalue weighted by Gasteiger charge is 2.18. The van der Waals surface area contributed by atoms with Crippen LogP contribution in [-0.2, 0) is 13.0 Å². The van der Waals surface area contributed by atoms with Gasteiger partial charge in [-0.1, -0.05) is 6.07 Å². The highest BCUT2D eigenvalue weighted by Crippen LogP contribution is 2.27. The number of aromatic nitrogens is 1. The summed E-state index contributed by atoms with van der Waals surface area (Å²) in [6.07, 6.45) is -0.468. The van der Waals surface area contributed by atoms with Gasteiger partial charge in [0.1, 0.15) is 5.75 Å². The third kappa shape index (κ3) is 4.85. The molecule has 1 aromatic carbocycles. The van der Waals surface area contributed by atoms with Crippen molar-refractivity contribution in [3.8, 4) is 11.6 Å². The lowest BCUT2D eigenvalue weighted by molar-refractivity contribution is 0.1000. The van der Waals surface area contributed by atoms with Crippen LogP contribution in [0.3, 0.4) is 0 Å². The van der Waals surface area contributed by atoms with Gasteiger partial charge >= 0.3 is 6.08 Å². The number of hydrogen-bond acceptors (Lipinski definition) is 4. The zero-order valence-corrected chi connectivity index (χ0v) is 14.4. The van der Waals surface area contributed by atoms with Crippen molar-refractivity contribution in [1.29, 1.82) is 0 Å². The average molecular weight is 377 g/mol. The summed E-state index contributed by atoms with van der Waals surface area (Å²) in [5, 5.41) is 0. The maximum atomic E-state index is 13.0. The average Bonchev–Trinajstić information content (AvgIpc) is 2.66. The zero-order chi connectivity index (χ0) is 19.4. The minimum absolute atomic E-state index is 0.247. The lowest BCUT2D eigenvalue weighted by Crippen LogP contribution is -2.31. The Morgan fingerprint density at radius 1 is 1.19 bits per heavy atom. The number of rotatable bonds is 6. The van der Waals surface area contributed by atoms with E-state index in [9.17, 15) is 18.0 Å². The number of hydrogen-bond donors (Lipinski definition) is 1. The molecule has 0 saturated carbocycles. The molecule has 0 bridgehead atoms. The van der Waals surface area contributed by atoms with Gasteiger partial charge in [-0.25, -0.2) is 9.37 Å². The van der Waals surface area contributed by atoms with Gasteiger partial charge in [-0.15, -0.1) is 0 Å². The molecule has 0 saturated heterocycles. The molecule has 8 heteroatoms. The van der Waals surface area contributed by atoms with Crippen molar-refractivity contribution in [3.05, 3.63) is 65.1 Å². The quantitative estimate of drug-likeness (QED) is 0.832. The normalized spacial score (nSPS) is 13.7. The molecule has 0 atom stereocenters. The molecular formula is C19H18F3N3O2. The summed E-state index contributed by atoms with van der Waals surface area (Å²) < 4.78 is 43.0. The van der Waals surface area contributed by atoms with Crippen molar-refractivity contribution in [2.24, 2.45) is 5.73 Å². The van der Waals surface area contributed by atoms with Gasteiger partial charge in [0.05, 0.1) is 5.56 Å². The van der Waals surface area contributed by atoms with Gasteiger partial charge in [0.25, 0.3) is 0 Å². The van der Waals surface area contributed by atoms with Crippen LogP contribution >= 0.6 is 0 Å². The highest BCUT2D eigenvalue weighted by molar-refractivity contribution is 5.92. The van der Waals surface area contributed by atoms with E-state index in [0.717, 1.165) is 11.1 Å². The summed E-state index contributed by atoms with van der Waals surface area (Å²) in [6, 6.07) is 8.68. The number of carbonyl (C=O) groups excluding carboxylic acids is 1. The molecule has 0 fully saturated rings. The number of halogens is 3. The van der Waals surface area contributed by atoms with E-state index in [2.05, 4.69) is 4.98 Å². The summed E-state index contributed by atoms with van der Waals surface area (Å²) in [5.41, 5.74) is 7.61. The Kier molecular flexibility index (Phi) is 5.75. The van der Waals surface area contributed by atoms with Crippen molar-refractivity contribution in [1.82, 2.24) is 9.88 Å². The molecule has 0 aliphatic carbocycles. The first kappa shape index (κ1) is 18.9. The Hall–Kier alpha value is -2.87. The summed E-state index contributed by atoms with van der Waals surface area (Å²) in [5.74, 6) is -0.959. The van der Waals surface area contributed by atoms with E-state index in [-0.39, 0.29) is 13.0 Å². The second-order valence-corrected chi connectivity index (χ2v) is 6.22. The van der Waals surface area contributed by atoms with E-state index in [1.807, 2.05) is 17.0 Å². The van der Waals surface area contributed by atoms with Gasteiger partial charge in [-0.3, -0.25) is 9.69 Å². The summed E-state index contributed by atoms with van der Waals surface area (Å²) in [7, 11) is 0.